The summed E-state index contributed by atoms with van der Waals surface area (Å²) in [6.45, 7) is 4.64. The predicted octanol–water partition coefficient (Wildman–Crippen LogP) is 3.67. The molecule has 1 aromatic heterocycles. The van der Waals surface area contributed by atoms with E-state index in [1.54, 1.807) is 18.4 Å². The van der Waals surface area contributed by atoms with Crippen molar-refractivity contribution in [3.05, 3.63) is 51.7 Å². The molecule has 108 valence electrons. The van der Waals surface area contributed by atoms with Gasteiger partial charge < -0.3 is 15.2 Å². The second-order valence-corrected chi connectivity index (χ2v) is 6.25. The molecule has 0 fully saturated rings. The Kier molecular flexibility index (Phi) is 5.17. The van der Waals surface area contributed by atoms with Crippen LogP contribution in [0.1, 0.15) is 28.3 Å². The number of methoxy groups -OCH3 is 1. The van der Waals surface area contributed by atoms with Crippen LogP contribution >= 0.6 is 11.3 Å². The van der Waals surface area contributed by atoms with Crippen molar-refractivity contribution in [3.63, 3.8) is 0 Å². The van der Waals surface area contributed by atoms with Crippen LogP contribution < -0.4 is 10.5 Å². The lowest BCUT2D eigenvalue weighted by molar-refractivity contribution is 0.177. The van der Waals surface area contributed by atoms with Crippen LogP contribution in [0.4, 0.5) is 0 Å². The number of hydrogen-bond acceptors (Lipinski definition) is 4. The maximum Gasteiger partial charge on any atom is 0.148 e. The largest absolute Gasteiger partial charge is 0.483 e. The minimum absolute atomic E-state index is 0.0702. The molecule has 0 aliphatic heterocycles. The normalized spacial score (nSPS) is 14.0. The second kappa shape index (κ2) is 6.88. The van der Waals surface area contributed by atoms with Crippen LogP contribution in [0.2, 0.25) is 0 Å². The van der Waals surface area contributed by atoms with Gasteiger partial charge in [0.15, 0.2) is 0 Å². The first-order chi connectivity index (χ1) is 9.60. The van der Waals surface area contributed by atoms with Gasteiger partial charge in [-0.25, -0.2) is 0 Å². The zero-order chi connectivity index (χ0) is 14.5. The smallest absolute Gasteiger partial charge is 0.148 e. The molecule has 4 heteroatoms. The molecule has 0 amide bonds. The van der Waals surface area contributed by atoms with Gasteiger partial charge in [0.05, 0.1) is 6.61 Å². The molecule has 0 aliphatic carbocycles. The van der Waals surface area contributed by atoms with Crippen molar-refractivity contribution in [1.82, 2.24) is 0 Å². The number of thiophene rings is 1. The molecule has 2 unspecified atom stereocenters. The number of aryl methyl sites for hydroxylation is 1. The van der Waals surface area contributed by atoms with Gasteiger partial charge in [-0.2, -0.15) is 0 Å². The Morgan fingerprint density at radius 2 is 2.05 bits per heavy atom. The lowest BCUT2D eigenvalue weighted by Gasteiger charge is -2.21. The molecule has 0 saturated carbocycles. The molecule has 2 rings (SSSR count). The van der Waals surface area contributed by atoms with Gasteiger partial charge >= 0.3 is 0 Å². The first-order valence-electron chi connectivity index (χ1n) is 6.66. The Hall–Kier alpha value is -1.36. The summed E-state index contributed by atoms with van der Waals surface area (Å²) in [6, 6.07) is 12.1. The molecule has 1 heterocycles. The topological polar surface area (TPSA) is 44.5 Å². The standard InChI is InChI=1S/C16H21NO2S/c1-11-7-8-15(20-11)16(12(2)17)19-14-6-4-5-13(9-14)10-18-3/h4-9,12,16H,10,17H2,1-3H3. The summed E-state index contributed by atoms with van der Waals surface area (Å²) in [6.07, 6.45) is -0.119. The maximum absolute atomic E-state index is 6.09. The summed E-state index contributed by atoms with van der Waals surface area (Å²) in [5, 5.41) is 0. The van der Waals surface area contributed by atoms with Gasteiger partial charge in [-0.15, -0.1) is 11.3 Å². The van der Waals surface area contributed by atoms with E-state index < -0.39 is 0 Å². The van der Waals surface area contributed by atoms with Gasteiger partial charge in [-0.1, -0.05) is 12.1 Å². The quantitative estimate of drug-likeness (QED) is 0.883. The van der Waals surface area contributed by atoms with E-state index in [0.717, 1.165) is 16.2 Å². The summed E-state index contributed by atoms with van der Waals surface area (Å²) in [4.78, 5) is 2.43. The lowest BCUT2D eigenvalue weighted by atomic mass is 10.1. The third kappa shape index (κ3) is 3.82. The fraction of sp³-hybridized carbons (Fsp3) is 0.375. The number of rotatable bonds is 6. The molecule has 1 aromatic carbocycles. The van der Waals surface area contributed by atoms with Crippen molar-refractivity contribution in [2.75, 3.05) is 7.11 Å². The molecule has 2 aromatic rings. The minimum atomic E-state index is -0.119. The number of hydrogen-bond donors (Lipinski definition) is 1. The van der Waals surface area contributed by atoms with Crippen LogP contribution in [0.25, 0.3) is 0 Å². The van der Waals surface area contributed by atoms with Crippen molar-refractivity contribution in [2.24, 2.45) is 5.73 Å². The van der Waals surface area contributed by atoms with E-state index in [4.69, 9.17) is 15.2 Å². The van der Waals surface area contributed by atoms with E-state index >= 15 is 0 Å². The minimum Gasteiger partial charge on any atom is -0.483 e. The number of ether oxygens (including phenoxy) is 2. The monoisotopic (exact) mass is 291 g/mol. The van der Waals surface area contributed by atoms with Gasteiger partial charge in [0, 0.05) is 22.9 Å². The summed E-state index contributed by atoms with van der Waals surface area (Å²) >= 11 is 1.73. The van der Waals surface area contributed by atoms with Gasteiger partial charge in [-0.3, -0.25) is 0 Å². The van der Waals surface area contributed by atoms with Crippen molar-refractivity contribution in [3.8, 4) is 5.75 Å². The van der Waals surface area contributed by atoms with E-state index in [1.165, 1.54) is 4.88 Å². The molecular weight excluding hydrogens is 270 g/mol. The molecule has 0 bridgehead atoms. The fourth-order valence-electron chi connectivity index (χ4n) is 2.05. The Labute approximate surface area is 124 Å². The van der Waals surface area contributed by atoms with Crippen molar-refractivity contribution >= 4 is 11.3 Å². The summed E-state index contributed by atoms with van der Waals surface area (Å²) in [5.74, 6) is 0.827. The van der Waals surface area contributed by atoms with Crippen LogP contribution in [0.3, 0.4) is 0 Å². The molecule has 0 aliphatic rings. The number of nitrogens with two attached hydrogens (primary N) is 1. The van der Waals surface area contributed by atoms with Crippen LogP contribution in [0, 0.1) is 6.92 Å². The van der Waals surface area contributed by atoms with E-state index in [2.05, 4.69) is 19.1 Å². The Bertz CT molecular complexity index is 551. The highest BCUT2D eigenvalue weighted by Crippen LogP contribution is 2.29. The molecule has 0 saturated heterocycles. The second-order valence-electron chi connectivity index (χ2n) is 4.93. The predicted molar refractivity (Wildman–Crippen MR) is 83.2 cm³/mol. The van der Waals surface area contributed by atoms with Gasteiger partial charge in [0.25, 0.3) is 0 Å². The van der Waals surface area contributed by atoms with E-state index in [9.17, 15) is 0 Å². The lowest BCUT2D eigenvalue weighted by Crippen LogP contribution is -2.28. The third-order valence-corrected chi connectivity index (χ3v) is 4.05. The van der Waals surface area contributed by atoms with Gasteiger partial charge in [0.1, 0.15) is 11.9 Å². The maximum atomic E-state index is 6.09. The molecule has 3 nitrogen and oxygen atoms in total. The summed E-state index contributed by atoms with van der Waals surface area (Å²) in [5.41, 5.74) is 7.17. The molecular formula is C16H21NO2S. The van der Waals surface area contributed by atoms with Crippen molar-refractivity contribution in [1.29, 1.82) is 0 Å². The average Bonchev–Trinajstić information content (AvgIpc) is 2.83. The van der Waals surface area contributed by atoms with Crippen LogP contribution in [0.5, 0.6) is 5.75 Å². The highest BCUT2D eigenvalue weighted by molar-refractivity contribution is 7.12. The van der Waals surface area contributed by atoms with Gasteiger partial charge in [-0.05, 0) is 43.7 Å². The van der Waals surface area contributed by atoms with Crippen molar-refractivity contribution < 1.29 is 9.47 Å². The van der Waals surface area contributed by atoms with Crippen molar-refractivity contribution in [2.45, 2.75) is 32.6 Å². The first-order valence-corrected chi connectivity index (χ1v) is 7.48. The molecule has 0 radical (unpaired) electrons. The SMILES string of the molecule is COCc1cccc(OC(c2ccc(C)s2)C(C)N)c1. The average molecular weight is 291 g/mol. The van der Waals surface area contributed by atoms with E-state index in [-0.39, 0.29) is 12.1 Å². The highest BCUT2D eigenvalue weighted by Gasteiger charge is 2.20. The van der Waals surface area contributed by atoms with Crippen LogP contribution in [-0.4, -0.2) is 13.2 Å². The summed E-state index contributed by atoms with van der Waals surface area (Å²) in [7, 11) is 1.69. The zero-order valence-corrected chi connectivity index (χ0v) is 12.9. The molecule has 2 N–H and O–H groups in total. The van der Waals surface area contributed by atoms with E-state index in [0.29, 0.717) is 6.61 Å². The molecule has 20 heavy (non-hydrogen) atoms. The molecule has 2 atom stereocenters. The Balaban J connectivity index is 2.18. The van der Waals surface area contributed by atoms with Crippen LogP contribution in [-0.2, 0) is 11.3 Å². The first kappa shape index (κ1) is 15.0. The Morgan fingerprint density at radius 3 is 2.65 bits per heavy atom. The number of benzene rings is 1. The Morgan fingerprint density at radius 1 is 1.25 bits per heavy atom. The van der Waals surface area contributed by atoms with E-state index in [1.807, 2.05) is 31.2 Å². The molecule has 0 spiro atoms. The van der Waals surface area contributed by atoms with Gasteiger partial charge in [0.2, 0.25) is 0 Å². The van der Waals surface area contributed by atoms with Crippen LogP contribution in [0.15, 0.2) is 36.4 Å². The fourth-order valence-corrected chi connectivity index (χ4v) is 3.08. The highest BCUT2D eigenvalue weighted by atomic mass is 32.1. The third-order valence-electron chi connectivity index (χ3n) is 2.99. The summed E-state index contributed by atoms with van der Waals surface area (Å²) < 4.78 is 11.2. The zero-order valence-electron chi connectivity index (χ0n) is 12.1.